The fourth-order valence-electron chi connectivity index (χ4n) is 2.96. The molecular weight excluding hydrogens is 348 g/mol. The van der Waals surface area contributed by atoms with Crippen LogP contribution in [0.2, 0.25) is 0 Å². The van der Waals surface area contributed by atoms with E-state index in [-0.39, 0.29) is 5.78 Å². The predicted octanol–water partition coefficient (Wildman–Crippen LogP) is 3.06. The molecule has 4 aromatic heterocycles. The van der Waals surface area contributed by atoms with Gasteiger partial charge in [0.05, 0.1) is 16.0 Å². The SMILES string of the molecule is Cc1nc2c3c(C(=O)c4cccs4)nn(-c4ccccc4)c3ncn2n1. The highest BCUT2D eigenvalue weighted by molar-refractivity contribution is 7.12. The highest BCUT2D eigenvalue weighted by atomic mass is 32.1. The maximum atomic E-state index is 13.1. The van der Waals surface area contributed by atoms with E-state index in [1.54, 1.807) is 28.5 Å². The molecule has 126 valence electrons. The Kier molecular flexibility index (Phi) is 3.19. The zero-order valence-electron chi connectivity index (χ0n) is 13.7. The van der Waals surface area contributed by atoms with E-state index in [9.17, 15) is 4.79 Å². The van der Waals surface area contributed by atoms with Crippen LogP contribution in [0.25, 0.3) is 22.4 Å². The molecule has 0 spiro atoms. The molecule has 0 saturated heterocycles. The van der Waals surface area contributed by atoms with Crippen molar-refractivity contribution in [1.82, 2.24) is 29.4 Å². The van der Waals surface area contributed by atoms with Crippen LogP contribution in [0.5, 0.6) is 0 Å². The van der Waals surface area contributed by atoms with E-state index in [2.05, 4.69) is 20.2 Å². The Balaban J connectivity index is 1.88. The lowest BCUT2D eigenvalue weighted by atomic mass is 10.2. The Morgan fingerprint density at radius 3 is 2.65 bits per heavy atom. The van der Waals surface area contributed by atoms with E-state index >= 15 is 0 Å². The summed E-state index contributed by atoms with van der Waals surface area (Å²) < 4.78 is 3.26. The first-order chi connectivity index (χ1) is 12.7. The Bertz CT molecular complexity index is 1250. The van der Waals surface area contributed by atoms with Gasteiger partial charge >= 0.3 is 0 Å². The monoisotopic (exact) mass is 360 g/mol. The molecule has 0 saturated carbocycles. The molecule has 0 amide bonds. The molecule has 0 aliphatic carbocycles. The second kappa shape index (κ2) is 5.57. The van der Waals surface area contributed by atoms with Gasteiger partial charge in [-0.2, -0.15) is 10.2 Å². The first-order valence-electron chi connectivity index (χ1n) is 7.97. The first kappa shape index (κ1) is 14.9. The normalized spacial score (nSPS) is 11.4. The summed E-state index contributed by atoms with van der Waals surface area (Å²) in [4.78, 5) is 22.7. The maximum absolute atomic E-state index is 13.1. The molecule has 0 unspecified atom stereocenters. The van der Waals surface area contributed by atoms with Crippen LogP contribution in [-0.4, -0.2) is 35.1 Å². The van der Waals surface area contributed by atoms with Gasteiger partial charge in [0.2, 0.25) is 5.78 Å². The van der Waals surface area contributed by atoms with E-state index in [4.69, 9.17) is 0 Å². The van der Waals surface area contributed by atoms with Crippen molar-refractivity contribution in [1.29, 1.82) is 0 Å². The van der Waals surface area contributed by atoms with E-state index in [1.165, 1.54) is 11.3 Å². The van der Waals surface area contributed by atoms with Crippen molar-refractivity contribution in [2.75, 3.05) is 0 Å². The number of fused-ring (bicyclic) bond motifs is 3. The zero-order chi connectivity index (χ0) is 17.7. The number of hydrogen-bond donors (Lipinski definition) is 0. The van der Waals surface area contributed by atoms with E-state index in [0.29, 0.717) is 33.1 Å². The Labute approximate surface area is 151 Å². The minimum atomic E-state index is -0.143. The summed E-state index contributed by atoms with van der Waals surface area (Å²) in [5.41, 5.74) is 2.32. The summed E-state index contributed by atoms with van der Waals surface area (Å²) >= 11 is 1.39. The lowest BCUT2D eigenvalue weighted by Crippen LogP contribution is -2.03. The van der Waals surface area contributed by atoms with Crippen LogP contribution < -0.4 is 0 Å². The van der Waals surface area contributed by atoms with Crippen LogP contribution in [-0.2, 0) is 0 Å². The van der Waals surface area contributed by atoms with Gasteiger partial charge in [0.15, 0.2) is 11.3 Å². The van der Waals surface area contributed by atoms with Crippen LogP contribution in [0.1, 0.15) is 21.2 Å². The summed E-state index contributed by atoms with van der Waals surface area (Å²) in [6.07, 6.45) is 1.60. The molecule has 0 aliphatic rings. The summed E-state index contributed by atoms with van der Waals surface area (Å²) in [7, 11) is 0. The van der Waals surface area contributed by atoms with Crippen molar-refractivity contribution in [3.8, 4) is 5.69 Å². The number of rotatable bonds is 3. The van der Waals surface area contributed by atoms with Crippen molar-refractivity contribution < 1.29 is 4.79 Å². The van der Waals surface area contributed by atoms with Crippen molar-refractivity contribution >= 4 is 33.8 Å². The standard InChI is InChI=1S/C18H12N6OS/c1-11-20-18-14-15(16(25)13-8-5-9-26-13)22-24(12-6-3-2-4-7-12)17(14)19-10-23(18)21-11/h2-10H,1H3. The Morgan fingerprint density at radius 1 is 1.04 bits per heavy atom. The number of aromatic nitrogens is 6. The number of thiophene rings is 1. The van der Waals surface area contributed by atoms with E-state index < -0.39 is 0 Å². The third kappa shape index (κ3) is 2.16. The third-order valence-electron chi connectivity index (χ3n) is 4.07. The predicted molar refractivity (Wildman–Crippen MR) is 97.9 cm³/mol. The number of hydrogen-bond acceptors (Lipinski definition) is 6. The summed E-state index contributed by atoms with van der Waals surface area (Å²) in [5, 5.41) is 11.4. The molecule has 0 fully saturated rings. The molecule has 8 heteroatoms. The molecule has 5 aromatic rings. The summed E-state index contributed by atoms with van der Waals surface area (Å²) in [6.45, 7) is 1.81. The molecule has 7 nitrogen and oxygen atoms in total. The average Bonchev–Trinajstić information content (AvgIpc) is 3.39. The minimum absolute atomic E-state index is 0.143. The maximum Gasteiger partial charge on any atom is 0.223 e. The highest BCUT2D eigenvalue weighted by Crippen LogP contribution is 2.26. The molecule has 5 rings (SSSR count). The molecule has 0 radical (unpaired) electrons. The topological polar surface area (TPSA) is 78.0 Å². The third-order valence-corrected chi connectivity index (χ3v) is 4.94. The number of aryl methyl sites for hydroxylation is 1. The van der Waals surface area contributed by atoms with Gasteiger partial charge in [-0.15, -0.1) is 11.3 Å². The van der Waals surface area contributed by atoms with Gasteiger partial charge in [-0.25, -0.2) is 19.2 Å². The fourth-order valence-corrected chi connectivity index (χ4v) is 3.62. The van der Waals surface area contributed by atoms with Crippen LogP contribution >= 0.6 is 11.3 Å². The molecule has 0 atom stereocenters. The minimum Gasteiger partial charge on any atom is -0.286 e. The molecule has 1 aromatic carbocycles. The van der Waals surface area contributed by atoms with Crippen LogP contribution in [0.4, 0.5) is 0 Å². The van der Waals surface area contributed by atoms with Crippen molar-refractivity contribution in [3.63, 3.8) is 0 Å². The highest BCUT2D eigenvalue weighted by Gasteiger charge is 2.24. The van der Waals surface area contributed by atoms with Crippen molar-refractivity contribution in [2.24, 2.45) is 0 Å². The number of ketones is 1. The number of benzene rings is 1. The molecule has 4 heterocycles. The second-order valence-electron chi connectivity index (χ2n) is 5.77. The van der Waals surface area contributed by atoms with Gasteiger partial charge in [-0.3, -0.25) is 4.79 Å². The van der Waals surface area contributed by atoms with E-state index in [1.807, 2.05) is 41.8 Å². The van der Waals surface area contributed by atoms with Gasteiger partial charge in [0.25, 0.3) is 0 Å². The van der Waals surface area contributed by atoms with Gasteiger partial charge in [0.1, 0.15) is 17.8 Å². The van der Waals surface area contributed by atoms with Crippen LogP contribution in [0.15, 0.2) is 54.2 Å². The summed E-state index contributed by atoms with van der Waals surface area (Å²) in [5.74, 6) is 0.469. The summed E-state index contributed by atoms with van der Waals surface area (Å²) in [6, 6.07) is 13.3. The lowest BCUT2D eigenvalue weighted by molar-refractivity contribution is 0.103. The lowest BCUT2D eigenvalue weighted by Gasteiger charge is -2.01. The van der Waals surface area contributed by atoms with Gasteiger partial charge < -0.3 is 0 Å². The number of carbonyl (C=O) groups excluding carboxylic acids is 1. The van der Waals surface area contributed by atoms with Crippen molar-refractivity contribution in [3.05, 3.63) is 70.6 Å². The van der Waals surface area contributed by atoms with Crippen LogP contribution in [0, 0.1) is 6.92 Å². The largest absolute Gasteiger partial charge is 0.286 e. The second-order valence-corrected chi connectivity index (χ2v) is 6.72. The molecule has 26 heavy (non-hydrogen) atoms. The Hall–Kier alpha value is -3.39. The quantitative estimate of drug-likeness (QED) is 0.462. The molecule has 0 N–H and O–H groups in total. The molecule has 0 aliphatic heterocycles. The number of carbonyl (C=O) groups is 1. The first-order valence-corrected chi connectivity index (χ1v) is 8.84. The molecular formula is C18H12N6OS. The van der Waals surface area contributed by atoms with Crippen molar-refractivity contribution in [2.45, 2.75) is 6.92 Å². The van der Waals surface area contributed by atoms with E-state index in [0.717, 1.165) is 5.69 Å². The zero-order valence-corrected chi connectivity index (χ0v) is 14.5. The van der Waals surface area contributed by atoms with Gasteiger partial charge in [-0.1, -0.05) is 24.3 Å². The fraction of sp³-hybridized carbons (Fsp3) is 0.0556. The average molecular weight is 360 g/mol. The number of para-hydroxylation sites is 1. The van der Waals surface area contributed by atoms with Crippen LogP contribution in [0.3, 0.4) is 0 Å². The van der Waals surface area contributed by atoms with Gasteiger partial charge in [0, 0.05) is 0 Å². The Morgan fingerprint density at radius 2 is 1.88 bits per heavy atom. The number of nitrogens with zero attached hydrogens (tertiary/aromatic N) is 6. The molecule has 0 bridgehead atoms. The smallest absolute Gasteiger partial charge is 0.223 e. The van der Waals surface area contributed by atoms with Gasteiger partial charge in [-0.05, 0) is 30.5 Å².